The first-order chi connectivity index (χ1) is 13.2. The third kappa shape index (κ3) is 4.18. The van der Waals surface area contributed by atoms with E-state index in [1.54, 1.807) is 50.2 Å². The van der Waals surface area contributed by atoms with Crippen molar-refractivity contribution >= 4 is 38.9 Å². The van der Waals surface area contributed by atoms with Crippen molar-refractivity contribution in [3.05, 3.63) is 47.0 Å². The zero-order chi connectivity index (χ0) is 20.5. The number of carbonyl (C=O) groups excluding carboxylic acids is 1. The predicted octanol–water partition coefficient (Wildman–Crippen LogP) is 3.56. The molecule has 0 aliphatic carbocycles. The van der Waals surface area contributed by atoms with Crippen molar-refractivity contribution in [2.45, 2.75) is 26.3 Å². The number of hydrogen-bond donors (Lipinski definition) is 1. The number of benzene rings is 2. The van der Waals surface area contributed by atoms with Crippen LogP contribution >= 0.6 is 11.6 Å². The molecule has 1 aliphatic heterocycles. The number of nitrogens with zero attached hydrogens (tertiary/aromatic N) is 1. The summed E-state index contributed by atoms with van der Waals surface area (Å²) >= 11 is 6.07. The lowest BCUT2D eigenvalue weighted by Crippen LogP contribution is -2.47. The minimum Gasteiger partial charge on any atom is -0.454 e. The second-order valence-electron chi connectivity index (χ2n) is 6.47. The van der Waals surface area contributed by atoms with Crippen molar-refractivity contribution in [3.8, 4) is 11.5 Å². The monoisotopic (exact) mass is 424 g/mol. The largest absolute Gasteiger partial charge is 0.454 e. The van der Waals surface area contributed by atoms with Crippen molar-refractivity contribution in [2.75, 3.05) is 22.7 Å². The summed E-state index contributed by atoms with van der Waals surface area (Å²) in [7, 11) is -3.75. The van der Waals surface area contributed by atoms with Gasteiger partial charge in [-0.3, -0.25) is 9.10 Å². The smallest absolute Gasteiger partial charge is 0.248 e. The van der Waals surface area contributed by atoms with Gasteiger partial charge in [0.15, 0.2) is 11.5 Å². The number of sulfonamides is 1. The highest BCUT2D eigenvalue weighted by Gasteiger charge is 2.32. The standard InChI is InChI=1S/C19H21ClN2O5S/c1-4-15(19(23)21-14-7-8-17-18(10-14)27-11-26-17)22(28(3,24)25)16-9-13(20)6-5-12(16)2/h5-10,15H,4,11H2,1-3H3,(H,21,23). The van der Waals surface area contributed by atoms with E-state index in [9.17, 15) is 13.2 Å². The Morgan fingerprint density at radius 3 is 2.61 bits per heavy atom. The first-order valence-corrected chi connectivity index (χ1v) is 10.9. The summed E-state index contributed by atoms with van der Waals surface area (Å²) in [6, 6.07) is 9.00. The molecule has 0 bridgehead atoms. The number of hydrogen-bond acceptors (Lipinski definition) is 5. The third-order valence-corrected chi connectivity index (χ3v) is 5.78. The van der Waals surface area contributed by atoms with Crippen LogP contribution in [0.4, 0.5) is 11.4 Å². The Balaban J connectivity index is 1.94. The topological polar surface area (TPSA) is 84.9 Å². The van der Waals surface area contributed by atoms with Gasteiger partial charge >= 0.3 is 0 Å². The fourth-order valence-electron chi connectivity index (χ4n) is 3.06. The van der Waals surface area contributed by atoms with Gasteiger partial charge in [0.2, 0.25) is 22.7 Å². The Morgan fingerprint density at radius 1 is 1.21 bits per heavy atom. The van der Waals surface area contributed by atoms with Crippen LogP contribution in [-0.4, -0.2) is 33.4 Å². The zero-order valence-electron chi connectivity index (χ0n) is 15.7. The number of rotatable bonds is 6. The Bertz CT molecular complexity index is 1010. The van der Waals surface area contributed by atoms with Gasteiger partial charge in [0, 0.05) is 16.8 Å². The third-order valence-electron chi connectivity index (χ3n) is 4.38. The number of fused-ring (bicyclic) bond motifs is 1. The summed E-state index contributed by atoms with van der Waals surface area (Å²) in [4.78, 5) is 13.0. The van der Waals surface area contributed by atoms with Gasteiger partial charge < -0.3 is 14.8 Å². The van der Waals surface area contributed by atoms with Crippen molar-refractivity contribution < 1.29 is 22.7 Å². The van der Waals surface area contributed by atoms with Crippen LogP contribution in [0.3, 0.4) is 0 Å². The molecular formula is C19H21ClN2O5S. The molecule has 0 spiro atoms. The molecule has 0 fully saturated rings. The van der Waals surface area contributed by atoms with Gasteiger partial charge in [-0.25, -0.2) is 8.42 Å². The summed E-state index contributed by atoms with van der Waals surface area (Å²) in [5, 5.41) is 3.15. The highest BCUT2D eigenvalue weighted by atomic mass is 35.5. The number of amides is 1. The predicted molar refractivity (Wildman–Crippen MR) is 109 cm³/mol. The SMILES string of the molecule is CCC(C(=O)Nc1ccc2c(c1)OCO2)N(c1cc(Cl)ccc1C)S(C)(=O)=O. The maximum absolute atomic E-state index is 13.0. The van der Waals surface area contributed by atoms with Gasteiger partial charge in [-0.05, 0) is 43.2 Å². The summed E-state index contributed by atoms with van der Waals surface area (Å²) in [6.45, 7) is 3.65. The molecule has 1 amide bonds. The molecule has 1 N–H and O–H groups in total. The van der Waals surface area contributed by atoms with Gasteiger partial charge in [0.25, 0.3) is 0 Å². The van der Waals surface area contributed by atoms with E-state index in [1.807, 2.05) is 0 Å². The van der Waals surface area contributed by atoms with E-state index >= 15 is 0 Å². The lowest BCUT2D eigenvalue weighted by atomic mass is 10.1. The van der Waals surface area contributed by atoms with Crippen molar-refractivity contribution in [1.82, 2.24) is 0 Å². The summed E-state index contributed by atoms with van der Waals surface area (Å²) in [5.41, 5.74) is 1.57. The van der Waals surface area contributed by atoms with Crippen LogP contribution in [0.2, 0.25) is 5.02 Å². The van der Waals surface area contributed by atoms with Crippen molar-refractivity contribution in [1.29, 1.82) is 0 Å². The number of ether oxygens (including phenoxy) is 2. The van der Waals surface area contributed by atoms with Gasteiger partial charge in [-0.2, -0.15) is 0 Å². The lowest BCUT2D eigenvalue weighted by Gasteiger charge is -2.31. The second kappa shape index (κ2) is 7.89. The van der Waals surface area contributed by atoms with Crippen LogP contribution in [0.1, 0.15) is 18.9 Å². The number of halogens is 1. The van der Waals surface area contributed by atoms with E-state index in [1.165, 1.54) is 0 Å². The molecule has 0 saturated heterocycles. The Kier molecular flexibility index (Phi) is 5.71. The van der Waals surface area contributed by atoms with Crippen molar-refractivity contribution in [2.24, 2.45) is 0 Å². The minimum atomic E-state index is -3.75. The fraction of sp³-hybridized carbons (Fsp3) is 0.316. The van der Waals surface area contributed by atoms with Crippen LogP contribution in [0, 0.1) is 6.92 Å². The molecule has 7 nitrogen and oxygen atoms in total. The van der Waals surface area contributed by atoms with Crippen LogP contribution in [0.25, 0.3) is 0 Å². The molecule has 1 unspecified atom stereocenters. The van der Waals surface area contributed by atoms with Crippen LogP contribution in [0.5, 0.6) is 11.5 Å². The molecule has 1 heterocycles. The molecule has 150 valence electrons. The van der Waals surface area contributed by atoms with E-state index in [-0.39, 0.29) is 13.2 Å². The summed E-state index contributed by atoms with van der Waals surface area (Å²) < 4.78 is 36.8. The normalized spacial score (nSPS) is 13.9. The number of aryl methyl sites for hydroxylation is 1. The second-order valence-corrected chi connectivity index (χ2v) is 8.77. The molecule has 28 heavy (non-hydrogen) atoms. The molecular weight excluding hydrogens is 404 g/mol. The zero-order valence-corrected chi connectivity index (χ0v) is 17.3. The number of anilines is 2. The Labute approximate surface area is 169 Å². The average molecular weight is 425 g/mol. The van der Waals surface area contributed by atoms with E-state index < -0.39 is 22.0 Å². The molecule has 3 rings (SSSR count). The number of carbonyl (C=O) groups is 1. The molecule has 1 atom stereocenters. The van der Waals surface area contributed by atoms with Gasteiger partial charge in [0.1, 0.15) is 6.04 Å². The molecule has 0 aromatic heterocycles. The first kappa shape index (κ1) is 20.3. The van der Waals surface area contributed by atoms with Gasteiger partial charge in [0.05, 0.1) is 11.9 Å². The molecule has 0 radical (unpaired) electrons. The van der Waals surface area contributed by atoms with Crippen LogP contribution in [0.15, 0.2) is 36.4 Å². The molecule has 0 saturated carbocycles. The van der Waals surface area contributed by atoms with E-state index in [4.69, 9.17) is 21.1 Å². The molecule has 2 aromatic carbocycles. The van der Waals surface area contributed by atoms with E-state index in [0.29, 0.717) is 33.5 Å². The van der Waals surface area contributed by atoms with E-state index in [2.05, 4.69) is 5.32 Å². The fourth-order valence-corrected chi connectivity index (χ4v) is 4.48. The van der Waals surface area contributed by atoms with Gasteiger partial charge in [-0.1, -0.05) is 24.6 Å². The molecule has 1 aliphatic rings. The van der Waals surface area contributed by atoms with Crippen LogP contribution < -0.4 is 19.1 Å². The maximum Gasteiger partial charge on any atom is 0.248 e. The Morgan fingerprint density at radius 2 is 1.93 bits per heavy atom. The Hall–Kier alpha value is -2.45. The average Bonchev–Trinajstić information content (AvgIpc) is 3.08. The molecule has 9 heteroatoms. The van der Waals surface area contributed by atoms with Crippen LogP contribution in [-0.2, 0) is 14.8 Å². The van der Waals surface area contributed by atoms with Gasteiger partial charge in [-0.15, -0.1) is 0 Å². The quantitative estimate of drug-likeness (QED) is 0.766. The van der Waals surface area contributed by atoms with E-state index in [0.717, 1.165) is 10.6 Å². The number of nitrogens with one attached hydrogen (secondary N) is 1. The maximum atomic E-state index is 13.0. The highest BCUT2D eigenvalue weighted by molar-refractivity contribution is 7.92. The first-order valence-electron chi connectivity index (χ1n) is 8.66. The summed E-state index contributed by atoms with van der Waals surface area (Å²) in [5.74, 6) is 0.667. The van der Waals surface area contributed by atoms with Crippen molar-refractivity contribution in [3.63, 3.8) is 0 Å². The summed E-state index contributed by atoms with van der Waals surface area (Å²) in [6.07, 6.45) is 1.35. The highest BCUT2D eigenvalue weighted by Crippen LogP contribution is 2.35. The molecule has 2 aromatic rings. The minimum absolute atomic E-state index is 0.125. The lowest BCUT2D eigenvalue weighted by molar-refractivity contribution is -0.117.